The molecule has 4 N–H and O–H groups in total. The summed E-state index contributed by atoms with van der Waals surface area (Å²) in [4.78, 5) is 40.9. The lowest BCUT2D eigenvalue weighted by Crippen LogP contribution is -2.56. The number of hydrogen-bond acceptors (Lipinski definition) is 14. The van der Waals surface area contributed by atoms with Crippen LogP contribution in [0, 0.1) is 30.6 Å². The molecule has 9 unspecified atom stereocenters. The van der Waals surface area contributed by atoms with E-state index in [9.17, 15) is 29.7 Å². The third kappa shape index (κ3) is 7.92. The second kappa shape index (κ2) is 16.6. The molecule has 13 nitrogen and oxygen atoms in total. The molecule has 7 rings (SSSR count). The number of anilines is 1. The van der Waals surface area contributed by atoms with E-state index in [1.54, 1.807) is 25.2 Å². The van der Waals surface area contributed by atoms with Gasteiger partial charge in [-0.2, -0.15) is 0 Å². The number of benzene rings is 2. The molecule has 316 valence electrons. The molecule has 2 saturated heterocycles. The number of Topliss-reactive ketones (excluding diaryl/α,β-unsaturated/α-hetero) is 1. The molecule has 1 amide bonds. The van der Waals surface area contributed by atoms with Crippen LogP contribution in [0.3, 0.4) is 0 Å². The average molecular weight is 842 g/mol. The first-order chi connectivity index (χ1) is 27.2. The molecular weight excluding hydrogens is 787 g/mol. The fraction of sp³-hybridized carbons (Fsp3) is 0.558. The van der Waals surface area contributed by atoms with Gasteiger partial charge in [0.2, 0.25) is 0 Å². The molecule has 58 heavy (non-hydrogen) atoms. The van der Waals surface area contributed by atoms with E-state index in [-0.39, 0.29) is 68.5 Å². The highest BCUT2D eigenvalue weighted by Gasteiger charge is 2.51. The van der Waals surface area contributed by atoms with Gasteiger partial charge in [0, 0.05) is 78.2 Å². The van der Waals surface area contributed by atoms with Crippen LogP contribution in [-0.4, -0.2) is 87.6 Å². The molecule has 2 aromatic carbocycles. The van der Waals surface area contributed by atoms with Crippen LogP contribution in [0.15, 0.2) is 36.1 Å². The lowest BCUT2D eigenvalue weighted by molar-refractivity contribution is -0.336. The molecule has 9 atom stereocenters. The summed E-state index contributed by atoms with van der Waals surface area (Å²) in [7, 11) is 1.52. The van der Waals surface area contributed by atoms with Crippen molar-refractivity contribution in [3.63, 3.8) is 0 Å². The molecule has 0 aromatic heterocycles. The number of hydrogen-bond donors (Lipinski definition) is 4. The van der Waals surface area contributed by atoms with Gasteiger partial charge in [-0.1, -0.05) is 45.9 Å². The fourth-order valence-corrected chi connectivity index (χ4v) is 11.5. The van der Waals surface area contributed by atoms with Crippen LogP contribution in [0.25, 0.3) is 10.8 Å². The summed E-state index contributed by atoms with van der Waals surface area (Å²) in [5.41, 5.74) is 0.474. The van der Waals surface area contributed by atoms with Gasteiger partial charge in [0.05, 0.1) is 45.8 Å². The topological polar surface area (TPSA) is 179 Å². The van der Waals surface area contributed by atoms with Gasteiger partial charge < -0.3 is 49.1 Å². The molecule has 0 aliphatic carbocycles. The van der Waals surface area contributed by atoms with Crippen molar-refractivity contribution in [2.45, 2.75) is 110 Å². The fourth-order valence-electron chi connectivity index (χ4n) is 8.59. The van der Waals surface area contributed by atoms with Crippen LogP contribution in [-0.2, 0) is 33.3 Å². The lowest BCUT2D eigenvalue weighted by atomic mass is 9.77. The normalized spacial score (nSPS) is 33.0. The zero-order valence-electron chi connectivity index (χ0n) is 34.8. The number of allylic oxidation sites excluding steroid dienone is 2. The Bertz CT molecular complexity index is 2070. The highest BCUT2D eigenvalue weighted by molar-refractivity contribution is 8.19. The van der Waals surface area contributed by atoms with Crippen molar-refractivity contribution >= 4 is 57.6 Å². The molecule has 5 aliphatic heterocycles. The molecule has 2 aromatic rings. The number of rotatable bonds is 3. The Morgan fingerprint density at radius 3 is 2.19 bits per heavy atom. The number of amides is 1. The summed E-state index contributed by atoms with van der Waals surface area (Å²) >= 11 is 3.03. The Labute approximate surface area is 347 Å². The van der Waals surface area contributed by atoms with Crippen LogP contribution < -0.4 is 10.1 Å². The Hall–Kier alpha value is -3.89. The maximum Gasteiger partial charge on any atom is 0.312 e. The van der Waals surface area contributed by atoms with Gasteiger partial charge in [-0.3, -0.25) is 14.4 Å². The molecule has 0 radical (unpaired) electrons. The van der Waals surface area contributed by atoms with E-state index in [1.165, 1.54) is 57.7 Å². The molecule has 7 bridgehead atoms. The summed E-state index contributed by atoms with van der Waals surface area (Å²) in [5.74, 6) is -5.60. The smallest absolute Gasteiger partial charge is 0.312 e. The highest BCUT2D eigenvalue weighted by Crippen LogP contribution is 2.60. The summed E-state index contributed by atoms with van der Waals surface area (Å²) in [6, 6.07) is 0. The standard InChI is InChI=1S/C43H55NO12S2/c1-19-13-12-14-20(2)40(50)44-31-30(41-57-17-18-58-41)33(47)27-28(34(31)48)32(46)22(4)38-29(27)39(49)43(10,56-38)52-16-15-26(51-11)21(3)36(53-25(7)45)24(6)37-23(5)35(19)54-42(8,9)55-37/h12-16,19,21,23-24,26,35-37,41,46-48H,17-18H2,1-11H3,(H,44,50)/b13-12-,16-15-,20-14?. The summed E-state index contributed by atoms with van der Waals surface area (Å²) < 4.78 is 36.8. The minimum absolute atomic E-state index is 0.0207. The molecule has 0 saturated carbocycles. The van der Waals surface area contributed by atoms with E-state index in [0.29, 0.717) is 5.57 Å². The Balaban J connectivity index is 1.53. The summed E-state index contributed by atoms with van der Waals surface area (Å²) in [6.45, 7) is 17.5. The molecule has 15 heteroatoms. The first kappa shape index (κ1) is 43.7. The second-order valence-electron chi connectivity index (χ2n) is 16.3. The summed E-state index contributed by atoms with van der Waals surface area (Å²) in [5, 5.41) is 38.2. The van der Waals surface area contributed by atoms with Crippen LogP contribution in [0.2, 0.25) is 0 Å². The number of aromatic hydroxyl groups is 3. The monoisotopic (exact) mass is 841 g/mol. The maximum absolute atomic E-state index is 14.5. The quantitative estimate of drug-likeness (QED) is 0.133. The van der Waals surface area contributed by atoms with E-state index < -0.39 is 69.5 Å². The number of thioether (sulfide) groups is 2. The number of phenolic OH excluding ortho intramolecular Hbond substituents is 3. The highest BCUT2D eigenvalue weighted by atomic mass is 32.2. The van der Waals surface area contributed by atoms with E-state index in [2.05, 4.69) is 5.32 Å². The first-order valence-corrected chi connectivity index (χ1v) is 21.6. The Morgan fingerprint density at radius 2 is 1.55 bits per heavy atom. The third-order valence-electron chi connectivity index (χ3n) is 11.6. The average Bonchev–Trinajstić information content (AvgIpc) is 3.79. The molecule has 5 heterocycles. The van der Waals surface area contributed by atoms with Crippen LogP contribution in [0.5, 0.6) is 23.0 Å². The van der Waals surface area contributed by atoms with Gasteiger partial charge in [-0.05, 0) is 33.8 Å². The number of ether oxygens (including phenoxy) is 6. The minimum Gasteiger partial charge on any atom is -0.507 e. The maximum atomic E-state index is 14.5. The zero-order chi connectivity index (χ0) is 42.6. The van der Waals surface area contributed by atoms with Gasteiger partial charge >= 0.3 is 11.8 Å². The van der Waals surface area contributed by atoms with E-state index >= 15 is 0 Å². The molecular formula is C43H55NO12S2. The number of methoxy groups -OCH3 is 1. The number of carbonyl (C=O) groups is 3. The largest absolute Gasteiger partial charge is 0.507 e. The minimum atomic E-state index is -1.97. The number of carbonyl (C=O) groups excluding carboxylic acids is 3. The number of fused-ring (bicyclic) bond motifs is 10. The Kier molecular flexibility index (Phi) is 12.5. The van der Waals surface area contributed by atoms with Gasteiger partial charge in [0.25, 0.3) is 11.7 Å². The van der Waals surface area contributed by atoms with E-state index in [1.807, 2.05) is 47.6 Å². The van der Waals surface area contributed by atoms with Crippen LogP contribution >= 0.6 is 23.5 Å². The van der Waals surface area contributed by atoms with E-state index in [0.717, 1.165) is 11.5 Å². The number of ketones is 1. The number of esters is 1. The van der Waals surface area contributed by atoms with Crippen molar-refractivity contribution in [3.05, 3.63) is 52.8 Å². The second-order valence-corrected chi connectivity index (χ2v) is 19.0. The Morgan fingerprint density at radius 1 is 0.897 bits per heavy atom. The van der Waals surface area contributed by atoms with Gasteiger partial charge in [-0.15, -0.1) is 23.5 Å². The van der Waals surface area contributed by atoms with Gasteiger partial charge in [0.1, 0.15) is 23.4 Å². The predicted octanol–water partition coefficient (Wildman–Crippen LogP) is 8.03. The SMILES string of the molecule is COC1/C=C\OC2(C)Oc3c(C)c(O)c4c(O)c(c(C5SCCS5)c(O)c4c3C2=O)NC(=O)C(C)=C/C=C\C(C)C2OC(C)(C)OC(C2C)C(C)C(OC(C)=O)C1C. The van der Waals surface area contributed by atoms with Crippen molar-refractivity contribution in [1.82, 2.24) is 0 Å². The molecule has 2 fully saturated rings. The van der Waals surface area contributed by atoms with Crippen molar-refractivity contribution in [2.75, 3.05) is 23.9 Å². The number of phenols is 3. The number of nitrogens with one attached hydrogen (secondary N) is 1. The zero-order valence-corrected chi connectivity index (χ0v) is 36.5. The van der Waals surface area contributed by atoms with Crippen molar-refractivity contribution in [1.29, 1.82) is 0 Å². The van der Waals surface area contributed by atoms with E-state index in [4.69, 9.17) is 28.4 Å². The van der Waals surface area contributed by atoms with Crippen molar-refractivity contribution in [3.8, 4) is 23.0 Å². The van der Waals surface area contributed by atoms with Gasteiger partial charge in [-0.25, -0.2) is 0 Å². The molecule has 0 spiro atoms. The van der Waals surface area contributed by atoms with Crippen LogP contribution in [0.1, 0.15) is 88.4 Å². The third-order valence-corrected chi connectivity index (χ3v) is 14.7. The summed E-state index contributed by atoms with van der Waals surface area (Å²) in [6.07, 6.45) is 6.16. The first-order valence-electron chi connectivity index (χ1n) is 19.5. The van der Waals surface area contributed by atoms with Crippen molar-refractivity contribution < 1.29 is 58.1 Å². The van der Waals surface area contributed by atoms with Crippen molar-refractivity contribution in [2.24, 2.45) is 23.7 Å². The van der Waals surface area contributed by atoms with Gasteiger partial charge in [0.15, 0.2) is 11.5 Å². The van der Waals surface area contributed by atoms with Crippen LogP contribution in [0.4, 0.5) is 5.69 Å². The molecule has 5 aliphatic rings. The predicted molar refractivity (Wildman–Crippen MR) is 223 cm³/mol. The lowest BCUT2D eigenvalue weighted by Gasteiger charge is -2.50.